The Morgan fingerprint density at radius 2 is 1.61 bits per heavy atom. The van der Waals surface area contributed by atoms with Crippen molar-refractivity contribution in [3.05, 3.63) is 89.2 Å². The topological polar surface area (TPSA) is 75.3 Å². The van der Waals surface area contributed by atoms with E-state index in [-0.39, 0.29) is 10.5 Å². The normalized spacial score (nSPS) is 11.1. The van der Waals surface area contributed by atoms with Crippen LogP contribution < -0.4 is 10.0 Å². The number of benzene rings is 3. The first kappa shape index (κ1) is 19.6. The summed E-state index contributed by atoms with van der Waals surface area (Å²) in [5, 5.41) is 2.62. The van der Waals surface area contributed by atoms with Gasteiger partial charge in [0.15, 0.2) is 0 Å². The molecule has 144 valence electrons. The molecule has 0 aromatic heterocycles. The maximum Gasteiger partial charge on any atom is 0.262 e. The predicted octanol–water partition coefficient (Wildman–Crippen LogP) is 4.50. The van der Waals surface area contributed by atoms with Crippen molar-refractivity contribution < 1.29 is 17.6 Å². The average Bonchev–Trinajstić information content (AvgIpc) is 2.63. The molecule has 1 amide bonds. The summed E-state index contributed by atoms with van der Waals surface area (Å²) < 4.78 is 41.2. The van der Waals surface area contributed by atoms with Gasteiger partial charge >= 0.3 is 0 Å². The van der Waals surface area contributed by atoms with Crippen LogP contribution in [0.15, 0.2) is 71.6 Å². The summed E-state index contributed by atoms with van der Waals surface area (Å²) in [6, 6.07) is 16.8. The number of aryl methyl sites for hydroxylation is 2. The zero-order valence-corrected chi connectivity index (χ0v) is 16.2. The number of amides is 1. The zero-order valence-electron chi connectivity index (χ0n) is 15.4. The molecular formula is C21H19FN2O3S. The third-order valence-corrected chi connectivity index (χ3v) is 5.64. The van der Waals surface area contributed by atoms with Crippen LogP contribution in [0.25, 0.3) is 0 Å². The predicted molar refractivity (Wildman–Crippen MR) is 108 cm³/mol. The van der Waals surface area contributed by atoms with E-state index in [1.165, 1.54) is 30.3 Å². The van der Waals surface area contributed by atoms with Crippen LogP contribution in [-0.2, 0) is 10.0 Å². The number of nitrogens with one attached hydrogen (secondary N) is 2. The van der Waals surface area contributed by atoms with E-state index in [9.17, 15) is 17.6 Å². The molecule has 7 heteroatoms. The first-order chi connectivity index (χ1) is 13.2. The third-order valence-electron chi connectivity index (χ3n) is 4.11. The third kappa shape index (κ3) is 4.55. The van der Waals surface area contributed by atoms with Crippen LogP contribution in [0.2, 0.25) is 0 Å². The van der Waals surface area contributed by atoms with Crippen molar-refractivity contribution in [1.82, 2.24) is 0 Å². The summed E-state index contributed by atoms with van der Waals surface area (Å²) in [6.07, 6.45) is 0. The van der Waals surface area contributed by atoms with E-state index in [0.29, 0.717) is 16.9 Å². The van der Waals surface area contributed by atoms with E-state index in [1.54, 1.807) is 37.3 Å². The van der Waals surface area contributed by atoms with Crippen LogP contribution in [0.1, 0.15) is 21.5 Å². The van der Waals surface area contributed by atoms with Crippen LogP contribution >= 0.6 is 0 Å². The molecule has 0 aliphatic carbocycles. The van der Waals surface area contributed by atoms with Crippen LogP contribution in [0.3, 0.4) is 0 Å². The van der Waals surface area contributed by atoms with Crippen molar-refractivity contribution >= 4 is 27.3 Å². The number of rotatable bonds is 5. The smallest absolute Gasteiger partial charge is 0.262 e. The number of carbonyl (C=O) groups excluding carboxylic acids is 1. The van der Waals surface area contributed by atoms with Gasteiger partial charge in [0, 0.05) is 16.9 Å². The lowest BCUT2D eigenvalue weighted by atomic mass is 10.1. The number of carbonyl (C=O) groups is 1. The lowest BCUT2D eigenvalue weighted by Gasteiger charge is -2.12. The largest absolute Gasteiger partial charge is 0.322 e. The Labute approximate surface area is 163 Å². The molecule has 0 saturated carbocycles. The van der Waals surface area contributed by atoms with Crippen LogP contribution in [0.5, 0.6) is 0 Å². The highest BCUT2D eigenvalue weighted by atomic mass is 32.2. The van der Waals surface area contributed by atoms with E-state index in [2.05, 4.69) is 10.0 Å². The molecule has 0 aliphatic rings. The molecule has 3 rings (SSSR count). The molecule has 0 unspecified atom stereocenters. The van der Waals surface area contributed by atoms with Crippen LogP contribution in [0.4, 0.5) is 15.8 Å². The number of sulfonamides is 1. The summed E-state index contributed by atoms with van der Waals surface area (Å²) >= 11 is 0. The van der Waals surface area contributed by atoms with Gasteiger partial charge in [-0.3, -0.25) is 9.52 Å². The Bertz CT molecular complexity index is 1130. The molecule has 5 nitrogen and oxygen atoms in total. The molecule has 2 N–H and O–H groups in total. The Balaban J connectivity index is 1.87. The van der Waals surface area contributed by atoms with Crippen molar-refractivity contribution in [3.8, 4) is 0 Å². The van der Waals surface area contributed by atoms with Crippen molar-refractivity contribution in [2.75, 3.05) is 10.0 Å². The Morgan fingerprint density at radius 3 is 2.29 bits per heavy atom. The molecule has 0 aliphatic heterocycles. The van der Waals surface area contributed by atoms with Crippen LogP contribution in [0, 0.1) is 19.7 Å². The monoisotopic (exact) mass is 398 g/mol. The Hall–Kier alpha value is -3.19. The lowest BCUT2D eigenvalue weighted by molar-refractivity contribution is 0.102. The van der Waals surface area contributed by atoms with E-state index in [4.69, 9.17) is 0 Å². The molecular weight excluding hydrogens is 379 g/mol. The van der Waals surface area contributed by atoms with Crippen LogP contribution in [-0.4, -0.2) is 14.3 Å². The summed E-state index contributed by atoms with van der Waals surface area (Å²) in [4.78, 5) is 12.5. The zero-order chi connectivity index (χ0) is 20.3. The maximum absolute atomic E-state index is 13.0. The number of hydrogen-bond acceptors (Lipinski definition) is 3. The molecule has 28 heavy (non-hydrogen) atoms. The highest BCUT2D eigenvalue weighted by molar-refractivity contribution is 7.92. The van der Waals surface area contributed by atoms with Crippen molar-refractivity contribution in [1.29, 1.82) is 0 Å². The molecule has 0 fully saturated rings. The molecule has 0 heterocycles. The number of hydrogen-bond donors (Lipinski definition) is 2. The molecule has 0 bridgehead atoms. The number of halogens is 1. The minimum Gasteiger partial charge on any atom is -0.322 e. The van der Waals surface area contributed by atoms with Gasteiger partial charge in [-0.25, -0.2) is 12.8 Å². The first-order valence-electron chi connectivity index (χ1n) is 8.52. The first-order valence-corrected chi connectivity index (χ1v) is 10.00. The van der Waals surface area contributed by atoms with Gasteiger partial charge in [-0.05, 0) is 73.5 Å². The molecule has 3 aromatic rings. The van der Waals surface area contributed by atoms with Crippen molar-refractivity contribution in [2.45, 2.75) is 18.7 Å². The highest BCUT2D eigenvalue weighted by Crippen LogP contribution is 2.22. The second-order valence-corrected chi connectivity index (χ2v) is 8.07. The molecule has 0 spiro atoms. The number of anilines is 2. The summed E-state index contributed by atoms with van der Waals surface area (Å²) in [7, 11) is -3.87. The SMILES string of the molecule is Cc1cccc(NS(=O)(=O)c2cc(C(=O)Nc3ccc(F)cc3)ccc2C)c1. The summed E-state index contributed by atoms with van der Waals surface area (Å²) in [6.45, 7) is 3.52. The molecule has 0 saturated heterocycles. The lowest BCUT2D eigenvalue weighted by Crippen LogP contribution is -2.17. The Kier molecular flexibility index (Phi) is 5.46. The summed E-state index contributed by atoms with van der Waals surface area (Å²) in [5.74, 6) is -0.900. The van der Waals surface area contributed by atoms with Gasteiger partial charge in [0.05, 0.1) is 4.90 Å². The minimum atomic E-state index is -3.87. The second kappa shape index (κ2) is 7.82. The molecule has 0 radical (unpaired) electrons. The van der Waals surface area contributed by atoms with E-state index in [1.807, 2.05) is 13.0 Å². The van der Waals surface area contributed by atoms with Gasteiger partial charge in [-0.2, -0.15) is 0 Å². The molecule has 0 atom stereocenters. The standard InChI is InChI=1S/C21H19FN2O3S/c1-14-4-3-5-19(12-14)24-28(26,27)20-13-16(7-6-15(20)2)21(25)23-18-10-8-17(22)9-11-18/h3-13,24H,1-2H3,(H,23,25). The fraction of sp³-hybridized carbons (Fsp3) is 0.0952. The fourth-order valence-corrected chi connectivity index (χ4v) is 4.01. The fourth-order valence-electron chi connectivity index (χ4n) is 2.69. The Morgan fingerprint density at radius 1 is 0.893 bits per heavy atom. The molecule has 3 aromatic carbocycles. The highest BCUT2D eigenvalue weighted by Gasteiger charge is 2.19. The van der Waals surface area contributed by atoms with E-state index < -0.39 is 21.7 Å². The maximum atomic E-state index is 13.0. The minimum absolute atomic E-state index is 0.0146. The summed E-state index contributed by atoms with van der Waals surface area (Å²) in [5.41, 5.74) is 2.47. The van der Waals surface area contributed by atoms with Gasteiger partial charge < -0.3 is 5.32 Å². The van der Waals surface area contributed by atoms with Gasteiger partial charge in [0.25, 0.3) is 15.9 Å². The average molecular weight is 398 g/mol. The van der Waals surface area contributed by atoms with Gasteiger partial charge in [-0.15, -0.1) is 0 Å². The van der Waals surface area contributed by atoms with E-state index >= 15 is 0 Å². The quantitative estimate of drug-likeness (QED) is 0.665. The van der Waals surface area contributed by atoms with Crippen molar-refractivity contribution in [3.63, 3.8) is 0 Å². The van der Waals surface area contributed by atoms with Gasteiger partial charge in [0.1, 0.15) is 5.82 Å². The van der Waals surface area contributed by atoms with E-state index in [0.717, 1.165) is 5.56 Å². The second-order valence-electron chi connectivity index (χ2n) is 6.42. The van der Waals surface area contributed by atoms with Gasteiger partial charge in [-0.1, -0.05) is 18.2 Å². The van der Waals surface area contributed by atoms with Gasteiger partial charge in [0.2, 0.25) is 0 Å². The van der Waals surface area contributed by atoms with Crippen molar-refractivity contribution in [2.24, 2.45) is 0 Å².